The van der Waals surface area contributed by atoms with E-state index in [4.69, 9.17) is 0 Å². The van der Waals surface area contributed by atoms with Gasteiger partial charge in [0.1, 0.15) is 11.4 Å². The highest BCUT2D eigenvalue weighted by Crippen LogP contribution is 2.29. The van der Waals surface area contributed by atoms with Crippen LogP contribution in [-0.2, 0) is 11.3 Å². The lowest BCUT2D eigenvalue weighted by atomic mass is 10.1. The molecule has 1 aliphatic heterocycles. The number of benzene rings is 1. The number of thiophene rings is 1. The zero-order valence-corrected chi connectivity index (χ0v) is 19.8. The number of piperidine rings is 1. The van der Waals surface area contributed by atoms with Gasteiger partial charge in [0, 0.05) is 17.6 Å². The molecule has 2 amide bonds. The Morgan fingerprint density at radius 3 is 2.65 bits per heavy atom. The molecular formula is C22H23BrN4O3S. The molecular weight excluding hydrogens is 480 g/mol. The lowest BCUT2D eigenvalue weighted by molar-refractivity contribution is -0.132. The van der Waals surface area contributed by atoms with Gasteiger partial charge in [0.2, 0.25) is 5.91 Å². The van der Waals surface area contributed by atoms with Crippen molar-refractivity contribution in [2.75, 3.05) is 18.4 Å². The van der Waals surface area contributed by atoms with E-state index in [0.29, 0.717) is 26.3 Å². The fourth-order valence-electron chi connectivity index (χ4n) is 3.78. The second kappa shape index (κ2) is 8.92. The molecule has 1 saturated heterocycles. The minimum atomic E-state index is -0.292. The summed E-state index contributed by atoms with van der Waals surface area (Å²) in [7, 11) is 0. The van der Waals surface area contributed by atoms with E-state index in [-0.39, 0.29) is 23.9 Å². The number of carbonyl (C=O) groups is 2. The molecule has 0 radical (unpaired) electrons. The third-order valence-corrected chi connectivity index (χ3v) is 7.37. The molecule has 0 saturated carbocycles. The average Bonchev–Trinajstić information content (AvgIpc) is 3.10. The summed E-state index contributed by atoms with van der Waals surface area (Å²) in [5.41, 5.74) is 2.02. The molecule has 1 aromatic carbocycles. The highest BCUT2D eigenvalue weighted by molar-refractivity contribution is 9.10. The van der Waals surface area contributed by atoms with E-state index in [1.54, 1.807) is 11.8 Å². The summed E-state index contributed by atoms with van der Waals surface area (Å²) in [5, 5.41) is 3.29. The lowest BCUT2D eigenvalue weighted by Gasteiger charge is -2.26. The normalized spacial score (nSPS) is 14.1. The molecule has 0 bridgehead atoms. The van der Waals surface area contributed by atoms with Gasteiger partial charge in [-0.25, -0.2) is 4.98 Å². The van der Waals surface area contributed by atoms with Crippen molar-refractivity contribution in [3.05, 3.63) is 55.4 Å². The van der Waals surface area contributed by atoms with Gasteiger partial charge in [-0.05, 0) is 72.3 Å². The molecule has 31 heavy (non-hydrogen) atoms. The van der Waals surface area contributed by atoms with Gasteiger partial charge >= 0.3 is 0 Å². The van der Waals surface area contributed by atoms with Crippen LogP contribution in [0.15, 0.2) is 33.8 Å². The molecule has 1 N–H and O–H groups in total. The van der Waals surface area contributed by atoms with Crippen LogP contribution in [0.1, 0.15) is 40.1 Å². The first-order valence-electron chi connectivity index (χ1n) is 10.2. The van der Waals surface area contributed by atoms with Crippen LogP contribution in [0.4, 0.5) is 5.69 Å². The van der Waals surface area contributed by atoms with E-state index in [1.165, 1.54) is 22.2 Å². The summed E-state index contributed by atoms with van der Waals surface area (Å²) in [5.74, 6) is -0.363. The minimum Gasteiger partial charge on any atom is -0.341 e. The number of anilines is 1. The fraction of sp³-hybridized carbons (Fsp3) is 0.364. The number of carbonyl (C=O) groups excluding carboxylic acids is 2. The molecule has 4 rings (SSSR count). The van der Waals surface area contributed by atoms with Crippen molar-refractivity contribution in [3.8, 4) is 0 Å². The maximum absolute atomic E-state index is 13.1. The Morgan fingerprint density at radius 1 is 1.19 bits per heavy atom. The Hall–Kier alpha value is -2.52. The topological polar surface area (TPSA) is 84.3 Å². The van der Waals surface area contributed by atoms with Crippen molar-refractivity contribution in [2.24, 2.45) is 0 Å². The van der Waals surface area contributed by atoms with Crippen LogP contribution in [0.2, 0.25) is 0 Å². The number of halogens is 1. The molecule has 0 atom stereocenters. The van der Waals surface area contributed by atoms with Crippen molar-refractivity contribution in [3.63, 3.8) is 0 Å². The largest absolute Gasteiger partial charge is 0.341 e. The van der Waals surface area contributed by atoms with Gasteiger partial charge < -0.3 is 10.2 Å². The Morgan fingerprint density at radius 2 is 1.94 bits per heavy atom. The summed E-state index contributed by atoms with van der Waals surface area (Å²) >= 11 is 4.65. The number of amides is 2. The van der Waals surface area contributed by atoms with Crippen LogP contribution in [0.5, 0.6) is 0 Å². The predicted molar refractivity (Wildman–Crippen MR) is 126 cm³/mol. The molecule has 0 aliphatic carbocycles. The van der Waals surface area contributed by atoms with Crippen molar-refractivity contribution < 1.29 is 9.59 Å². The van der Waals surface area contributed by atoms with Crippen molar-refractivity contribution in [1.82, 2.24) is 14.5 Å². The predicted octanol–water partition coefficient (Wildman–Crippen LogP) is 4.10. The number of nitrogens with one attached hydrogen (secondary N) is 1. The standard InChI is InChI=1S/C22H23BrN4O3S/c1-13-6-7-16(15(23)10-13)25-20(29)19-14(2)18-21(31-19)24-12-27(22(18)30)11-17(28)26-8-4-3-5-9-26/h6-7,10,12H,3-5,8-9,11H2,1-2H3,(H,25,29). The van der Waals surface area contributed by atoms with Gasteiger partial charge in [-0.3, -0.25) is 19.0 Å². The van der Waals surface area contributed by atoms with Gasteiger partial charge in [0.15, 0.2) is 0 Å². The lowest BCUT2D eigenvalue weighted by Crippen LogP contribution is -2.39. The number of aryl methyl sites for hydroxylation is 2. The monoisotopic (exact) mass is 502 g/mol. The van der Waals surface area contributed by atoms with Crippen LogP contribution in [0, 0.1) is 13.8 Å². The third-order valence-electron chi connectivity index (χ3n) is 5.51. The van der Waals surface area contributed by atoms with Gasteiger partial charge in [0.05, 0.1) is 22.3 Å². The number of fused-ring (bicyclic) bond motifs is 1. The maximum atomic E-state index is 13.1. The van der Waals surface area contributed by atoms with Crippen molar-refractivity contribution in [2.45, 2.75) is 39.7 Å². The molecule has 9 heteroatoms. The molecule has 0 spiro atoms. The minimum absolute atomic E-state index is 0.0328. The molecule has 2 aromatic heterocycles. The highest BCUT2D eigenvalue weighted by atomic mass is 79.9. The van der Waals surface area contributed by atoms with Crippen LogP contribution >= 0.6 is 27.3 Å². The van der Waals surface area contributed by atoms with Gasteiger partial charge in [-0.15, -0.1) is 11.3 Å². The van der Waals surface area contributed by atoms with Crippen LogP contribution in [0.25, 0.3) is 10.2 Å². The SMILES string of the molecule is Cc1ccc(NC(=O)c2sc3ncn(CC(=O)N4CCCCC4)c(=O)c3c2C)c(Br)c1. The van der Waals surface area contributed by atoms with E-state index in [1.807, 2.05) is 25.1 Å². The first kappa shape index (κ1) is 21.7. The molecule has 7 nitrogen and oxygen atoms in total. The van der Waals surface area contributed by atoms with Crippen LogP contribution < -0.4 is 10.9 Å². The molecule has 3 aromatic rings. The van der Waals surface area contributed by atoms with Crippen molar-refractivity contribution >= 4 is 55.0 Å². The second-order valence-electron chi connectivity index (χ2n) is 7.79. The summed E-state index contributed by atoms with van der Waals surface area (Å²) in [6.45, 7) is 5.16. The number of nitrogens with zero attached hydrogens (tertiary/aromatic N) is 3. The molecule has 1 fully saturated rings. The molecule has 0 unspecified atom stereocenters. The first-order chi connectivity index (χ1) is 14.8. The number of aromatic nitrogens is 2. The van der Waals surface area contributed by atoms with E-state index < -0.39 is 0 Å². The number of hydrogen-bond donors (Lipinski definition) is 1. The van der Waals surface area contributed by atoms with Gasteiger partial charge in [0.25, 0.3) is 11.5 Å². The summed E-state index contributed by atoms with van der Waals surface area (Å²) in [6.07, 6.45) is 4.53. The summed E-state index contributed by atoms with van der Waals surface area (Å²) < 4.78 is 2.13. The first-order valence-corrected chi connectivity index (χ1v) is 11.8. The Kier molecular flexibility index (Phi) is 6.24. The Bertz CT molecular complexity index is 1230. The van der Waals surface area contributed by atoms with E-state index in [2.05, 4.69) is 26.2 Å². The van der Waals surface area contributed by atoms with Crippen LogP contribution in [-0.4, -0.2) is 39.4 Å². The summed E-state index contributed by atoms with van der Waals surface area (Å²) in [4.78, 5) is 45.7. The molecule has 162 valence electrons. The second-order valence-corrected chi connectivity index (χ2v) is 9.65. The average molecular weight is 503 g/mol. The summed E-state index contributed by atoms with van der Waals surface area (Å²) in [6, 6.07) is 5.67. The number of likely N-dealkylation sites (tertiary alicyclic amines) is 1. The smallest absolute Gasteiger partial charge is 0.266 e. The van der Waals surface area contributed by atoms with E-state index in [9.17, 15) is 14.4 Å². The third kappa shape index (κ3) is 4.43. The molecule has 3 heterocycles. The van der Waals surface area contributed by atoms with Crippen LogP contribution in [0.3, 0.4) is 0 Å². The fourth-order valence-corrected chi connectivity index (χ4v) is 5.40. The zero-order chi connectivity index (χ0) is 22.1. The van der Waals surface area contributed by atoms with Crippen molar-refractivity contribution in [1.29, 1.82) is 0 Å². The zero-order valence-electron chi connectivity index (χ0n) is 17.4. The number of hydrogen-bond acceptors (Lipinski definition) is 5. The van der Waals surface area contributed by atoms with E-state index in [0.717, 1.165) is 42.4 Å². The maximum Gasteiger partial charge on any atom is 0.266 e. The van der Waals surface area contributed by atoms with Gasteiger partial charge in [-0.2, -0.15) is 0 Å². The number of rotatable bonds is 4. The van der Waals surface area contributed by atoms with E-state index >= 15 is 0 Å². The quantitative estimate of drug-likeness (QED) is 0.581. The highest BCUT2D eigenvalue weighted by Gasteiger charge is 2.22. The van der Waals surface area contributed by atoms with Gasteiger partial charge in [-0.1, -0.05) is 6.07 Å². The Labute approximate surface area is 192 Å². The Balaban J connectivity index is 1.61. The molecule has 1 aliphatic rings.